The lowest BCUT2D eigenvalue weighted by molar-refractivity contribution is -0.384. The van der Waals surface area contributed by atoms with Gasteiger partial charge in [0.2, 0.25) is 11.8 Å². The molecule has 1 aliphatic heterocycles. The third-order valence-electron chi connectivity index (χ3n) is 7.36. The fourth-order valence-corrected chi connectivity index (χ4v) is 6.20. The van der Waals surface area contributed by atoms with Gasteiger partial charge in [0.25, 0.3) is 5.69 Å². The molecule has 0 N–H and O–H groups in total. The highest BCUT2D eigenvalue weighted by atomic mass is 16.6. The minimum absolute atomic E-state index is 0.0491. The second-order valence-electron chi connectivity index (χ2n) is 8.62. The number of hydrogen-bond donors (Lipinski definition) is 0. The van der Waals surface area contributed by atoms with Crippen molar-refractivity contribution in [1.29, 1.82) is 0 Å². The van der Waals surface area contributed by atoms with Crippen molar-refractivity contribution in [3.63, 3.8) is 0 Å². The van der Waals surface area contributed by atoms with Crippen LogP contribution in [0.5, 0.6) is 0 Å². The van der Waals surface area contributed by atoms with Gasteiger partial charge in [-0.2, -0.15) is 0 Å². The van der Waals surface area contributed by atoms with Gasteiger partial charge in [-0.3, -0.25) is 19.7 Å². The van der Waals surface area contributed by atoms with Crippen LogP contribution in [0.2, 0.25) is 0 Å². The molecule has 0 unspecified atom stereocenters. The summed E-state index contributed by atoms with van der Waals surface area (Å²) in [6.45, 7) is 2.03. The number of anilines is 1. The maximum atomic E-state index is 13.8. The molecule has 4 aliphatic rings. The Morgan fingerprint density at radius 2 is 1.39 bits per heavy atom. The summed E-state index contributed by atoms with van der Waals surface area (Å²) in [6, 6.07) is 22.0. The van der Waals surface area contributed by atoms with Gasteiger partial charge in [0.15, 0.2) is 0 Å². The van der Waals surface area contributed by atoms with Crippen LogP contribution in [0.25, 0.3) is 0 Å². The summed E-state index contributed by atoms with van der Waals surface area (Å²) in [5, 5.41) is 11.6. The molecule has 7 rings (SSSR count). The summed E-state index contributed by atoms with van der Waals surface area (Å²) >= 11 is 0. The summed E-state index contributed by atoms with van der Waals surface area (Å²) in [4.78, 5) is 39.7. The van der Waals surface area contributed by atoms with E-state index in [2.05, 4.69) is 0 Å². The lowest BCUT2D eigenvalue weighted by Gasteiger charge is -2.52. The Bertz CT molecular complexity index is 1270. The van der Waals surface area contributed by atoms with Crippen LogP contribution >= 0.6 is 0 Å². The average molecular weight is 410 g/mol. The van der Waals surface area contributed by atoms with Gasteiger partial charge in [0.05, 0.1) is 16.8 Å². The Labute approximate surface area is 178 Å². The third-order valence-corrected chi connectivity index (χ3v) is 7.36. The first-order valence-electron chi connectivity index (χ1n) is 10.3. The molecule has 1 fully saturated rings. The average Bonchev–Trinajstić information content (AvgIpc) is 3.05. The highest BCUT2D eigenvalue weighted by Crippen LogP contribution is 2.64. The van der Waals surface area contributed by atoms with E-state index in [1.165, 1.54) is 18.2 Å². The molecule has 3 aromatic carbocycles. The van der Waals surface area contributed by atoms with Gasteiger partial charge in [-0.25, -0.2) is 4.90 Å². The number of para-hydroxylation sites is 2. The highest BCUT2D eigenvalue weighted by molar-refractivity contribution is 6.24. The van der Waals surface area contributed by atoms with Gasteiger partial charge in [-0.1, -0.05) is 67.6 Å². The number of nitro groups is 1. The van der Waals surface area contributed by atoms with Gasteiger partial charge in [-0.15, -0.1) is 0 Å². The molecular formula is C25H18N2O4. The zero-order valence-corrected chi connectivity index (χ0v) is 16.7. The van der Waals surface area contributed by atoms with Gasteiger partial charge >= 0.3 is 0 Å². The number of imide groups is 1. The minimum Gasteiger partial charge on any atom is -0.274 e. The summed E-state index contributed by atoms with van der Waals surface area (Å²) < 4.78 is 0. The Balaban J connectivity index is 1.62. The van der Waals surface area contributed by atoms with E-state index in [-0.39, 0.29) is 29.1 Å². The first-order valence-corrected chi connectivity index (χ1v) is 10.3. The zero-order valence-electron chi connectivity index (χ0n) is 16.7. The quantitative estimate of drug-likeness (QED) is 0.361. The number of nitro benzene ring substituents is 1. The summed E-state index contributed by atoms with van der Waals surface area (Å²) in [5.74, 6) is -2.15. The van der Waals surface area contributed by atoms with Gasteiger partial charge in [0, 0.05) is 17.4 Å². The molecule has 1 saturated heterocycles. The molecule has 1 heterocycles. The monoisotopic (exact) mass is 410 g/mol. The number of carbonyl (C=O) groups excluding carboxylic acids is 2. The van der Waals surface area contributed by atoms with Crippen molar-refractivity contribution in [2.75, 3.05) is 4.90 Å². The predicted molar refractivity (Wildman–Crippen MR) is 114 cm³/mol. The van der Waals surface area contributed by atoms with Crippen LogP contribution in [-0.4, -0.2) is 16.7 Å². The maximum absolute atomic E-state index is 13.8. The van der Waals surface area contributed by atoms with E-state index in [1.54, 1.807) is 6.07 Å². The SMILES string of the molecule is CC12c3ccccc3C(c3ccccc31)[C@@H]1C(=O)N(c3ccccc3[N+](=O)[O-])C(=O)[C@@H]12. The first kappa shape index (κ1) is 18.0. The predicted octanol–water partition coefficient (Wildman–Crippen LogP) is 4.17. The second-order valence-corrected chi connectivity index (χ2v) is 8.62. The summed E-state index contributed by atoms with van der Waals surface area (Å²) in [5.41, 5.74) is 3.38. The number of benzene rings is 3. The number of carbonyl (C=O) groups is 2. The van der Waals surface area contributed by atoms with Crippen molar-refractivity contribution < 1.29 is 14.5 Å². The Morgan fingerprint density at radius 3 is 2.00 bits per heavy atom. The largest absolute Gasteiger partial charge is 0.293 e. The molecule has 2 bridgehead atoms. The van der Waals surface area contributed by atoms with Crippen LogP contribution in [0.4, 0.5) is 11.4 Å². The van der Waals surface area contributed by atoms with E-state index >= 15 is 0 Å². The normalized spacial score (nSPS) is 27.6. The lowest BCUT2D eigenvalue weighted by Crippen LogP contribution is -2.51. The second kappa shape index (κ2) is 5.88. The van der Waals surface area contributed by atoms with Crippen molar-refractivity contribution in [3.8, 4) is 0 Å². The Kier molecular flexibility index (Phi) is 3.41. The third kappa shape index (κ3) is 2.02. The summed E-state index contributed by atoms with van der Waals surface area (Å²) in [7, 11) is 0. The van der Waals surface area contributed by atoms with Crippen molar-refractivity contribution in [2.24, 2.45) is 11.8 Å². The van der Waals surface area contributed by atoms with Gasteiger partial charge < -0.3 is 0 Å². The molecule has 2 atom stereocenters. The fraction of sp³-hybridized carbons (Fsp3) is 0.200. The molecule has 2 amide bonds. The van der Waals surface area contributed by atoms with E-state index in [9.17, 15) is 19.7 Å². The molecule has 6 heteroatoms. The lowest BCUT2D eigenvalue weighted by atomic mass is 9.48. The number of amides is 2. The van der Waals surface area contributed by atoms with E-state index in [1.807, 2.05) is 55.5 Å². The van der Waals surface area contributed by atoms with Crippen LogP contribution < -0.4 is 4.90 Å². The molecule has 0 saturated carbocycles. The number of hydrogen-bond acceptors (Lipinski definition) is 4. The standard InChI is InChI=1S/C25H18N2O4/c1-25-16-10-4-2-8-14(16)20(15-9-3-5-11-17(15)25)21-22(25)24(29)26(23(21)28)18-12-6-7-13-19(18)27(30)31/h2-13,20-22H,1H3/t20?,21-,22+,25?/m0/s1. The fourth-order valence-electron chi connectivity index (χ4n) is 6.20. The van der Waals surface area contributed by atoms with Gasteiger partial charge in [-0.05, 0) is 28.3 Å². The molecule has 3 aromatic rings. The smallest absolute Gasteiger partial charge is 0.274 e. The molecule has 3 aliphatic carbocycles. The van der Waals surface area contributed by atoms with Crippen molar-refractivity contribution >= 4 is 23.2 Å². The summed E-state index contributed by atoms with van der Waals surface area (Å²) in [6.07, 6.45) is 0. The molecule has 152 valence electrons. The van der Waals surface area contributed by atoms with Gasteiger partial charge in [0.1, 0.15) is 5.69 Å². The van der Waals surface area contributed by atoms with Crippen LogP contribution in [0, 0.1) is 22.0 Å². The van der Waals surface area contributed by atoms with Crippen LogP contribution in [0.15, 0.2) is 72.8 Å². The first-order chi connectivity index (χ1) is 15.0. The topological polar surface area (TPSA) is 80.5 Å². The van der Waals surface area contributed by atoms with Crippen molar-refractivity contribution in [1.82, 2.24) is 0 Å². The van der Waals surface area contributed by atoms with E-state index in [0.717, 1.165) is 27.2 Å². The molecule has 6 nitrogen and oxygen atoms in total. The Morgan fingerprint density at radius 1 is 0.839 bits per heavy atom. The van der Waals surface area contributed by atoms with E-state index in [4.69, 9.17) is 0 Å². The van der Waals surface area contributed by atoms with E-state index < -0.39 is 22.2 Å². The highest BCUT2D eigenvalue weighted by Gasteiger charge is 2.66. The van der Waals surface area contributed by atoms with Crippen LogP contribution in [-0.2, 0) is 15.0 Å². The molecular weight excluding hydrogens is 392 g/mol. The van der Waals surface area contributed by atoms with Crippen LogP contribution in [0.1, 0.15) is 35.1 Å². The minimum atomic E-state index is -0.683. The Hall–Kier alpha value is -3.80. The number of rotatable bonds is 2. The van der Waals surface area contributed by atoms with E-state index in [0.29, 0.717) is 0 Å². The number of nitrogens with zero attached hydrogens (tertiary/aromatic N) is 2. The molecule has 0 spiro atoms. The van der Waals surface area contributed by atoms with Crippen molar-refractivity contribution in [3.05, 3.63) is 105 Å². The molecule has 0 aromatic heterocycles. The zero-order chi connectivity index (χ0) is 21.5. The molecule has 31 heavy (non-hydrogen) atoms. The maximum Gasteiger partial charge on any atom is 0.293 e. The molecule has 0 radical (unpaired) electrons. The van der Waals surface area contributed by atoms with Crippen molar-refractivity contribution in [2.45, 2.75) is 18.3 Å². The van der Waals surface area contributed by atoms with Crippen LogP contribution in [0.3, 0.4) is 0 Å².